The van der Waals surface area contributed by atoms with Crippen molar-refractivity contribution in [2.24, 2.45) is 5.73 Å². The summed E-state index contributed by atoms with van der Waals surface area (Å²) in [5.41, 5.74) is 7.38. The number of aliphatic hydroxyl groups is 1. The maximum Gasteiger partial charge on any atom is 0.243 e. The fourth-order valence-electron chi connectivity index (χ4n) is 5.15. The molecule has 0 radical (unpaired) electrons. The summed E-state index contributed by atoms with van der Waals surface area (Å²) >= 11 is 0. The Labute approximate surface area is 239 Å². The van der Waals surface area contributed by atoms with Gasteiger partial charge >= 0.3 is 0 Å². The molecule has 1 aliphatic carbocycles. The van der Waals surface area contributed by atoms with Crippen LogP contribution in [0.5, 0.6) is 5.75 Å². The Morgan fingerprint density at radius 2 is 2.07 bits per heavy atom. The van der Waals surface area contributed by atoms with Gasteiger partial charge in [-0.1, -0.05) is 24.1 Å². The van der Waals surface area contributed by atoms with Gasteiger partial charge in [0.05, 0.1) is 25.2 Å². The van der Waals surface area contributed by atoms with Gasteiger partial charge in [-0.2, -0.15) is 0 Å². The molecule has 218 valence electrons. The van der Waals surface area contributed by atoms with Gasteiger partial charge in [0, 0.05) is 31.1 Å². The molecule has 3 unspecified atom stereocenters. The van der Waals surface area contributed by atoms with Gasteiger partial charge in [0.1, 0.15) is 6.04 Å². The summed E-state index contributed by atoms with van der Waals surface area (Å²) in [6, 6.07) is 10.2. The van der Waals surface area contributed by atoms with Gasteiger partial charge in [0.25, 0.3) is 0 Å². The van der Waals surface area contributed by atoms with Crippen LogP contribution in [-0.2, 0) is 26.3 Å². The van der Waals surface area contributed by atoms with E-state index in [1.807, 2.05) is 24.3 Å². The van der Waals surface area contributed by atoms with Crippen LogP contribution in [0.1, 0.15) is 55.2 Å². The van der Waals surface area contributed by atoms with Crippen molar-refractivity contribution >= 4 is 17.7 Å². The minimum Gasteiger partial charge on any atom is -0.491 e. The first-order valence-corrected chi connectivity index (χ1v) is 13.9. The minimum absolute atomic E-state index is 0.0896. The number of fused-ring (bicyclic) bond motifs is 13. The third-order valence-corrected chi connectivity index (χ3v) is 7.83. The van der Waals surface area contributed by atoms with E-state index in [1.165, 1.54) is 24.1 Å². The van der Waals surface area contributed by atoms with Crippen molar-refractivity contribution in [2.45, 2.75) is 68.7 Å². The zero-order chi connectivity index (χ0) is 29.6. The van der Waals surface area contributed by atoms with Crippen LogP contribution < -0.4 is 21.1 Å². The van der Waals surface area contributed by atoms with Gasteiger partial charge in [0.2, 0.25) is 17.7 Å². The van der Waals surface area contributed by atoms with Crippen LogP contribution in [0.2, 0.25) is 0 Å². The zero-order valence-corrected chi connectivity index (χ0v) is 23.2. The summed E-state index contributed by atoms with van der Waals surface area (Å²) in [4.78, 5) is 39.4. The second-order valence-corrected chi connectivity index (χ2v) is 10.8. The molecule has 0 spiro atoms. The number of hydrogen-bond donors (Lipinski definition) is 4. The van der Waals surface area contributed by atoms with Crippen molar-refractivity contribution in [3.05, 3.63) is 65.0 Å². The Bertz CT molecular complexity index is 1320. The zero-order valence-electron chi connectivity index (χ0n) is 23.2. The highest BCUT2D eigenvalue weighted by Crippen LogP contribution is 2.45. The maximum atomic E-state index is 14.8. The molecule has 0 saturated heterocycles. The monoisotopic (exact) mass is 564 g/mol. The van der Waals surface area contributed by atoms with E-state index in [4.69, 9.17) is 16.9 Å². The normalized spacial score (nSPS) is 21.9. The highest BCUT2D eigenvalue weighted by Gasteiger charge is 2.44. The number of amides is 3. The number of carbonyl (C=O) groups excluding carboxylic acids is 3. The molecule has 9 nitrogen and oxygen atoms in total. The second-order valence-electron chi connectivity index (χ2n) is 10.8. The summed E-state index contributed by atoms with van der Waals surface area (Å²) in [6.07, 6.45) is 6.96. The molecule has 2 aromatic rings. The van der Waals surface area contributed by atoms with Crippen LogP contribution >= 0.6 is 0 Å². The number of rotatable bonds is 7. The van der Waals surface area contributed by atoms with Gasteiger partial charge in [-0.05, 0) is 67.5 Å². The minimum atomic E-state index is -1.16. The number of primary amides is 1. The summed E-state index contributed by atoms with van der Waals surface area (Å²) in [5.74, 6) is 0.476. The van der Waals surface area contributed by atoms with Gasteiger partial charge in [-0.25, -0.2) is 4.39 Å². The molecule has 3 amide bonds. The second kappa shape index (κ2) is 13.1. The number of nitrogens with one attached hydrogen (secondary N) is 2. The van der Waals surface area contributed by atoms with Crippen molar-refractivity contribution in [3.63, 3.8) is 0 Å². The maximum absolute atomic E-state index is 14.8. The van der Waals surface area contributed by atoms with Gasteiger partial charge in [-0.3, -0.25) is 14.4 Å². The predicted octanol–water partition coefficient (Wildman–Crippen LogP) is 1.74. The first-order chi connectivity index (χ1) is 19.6. The lowest BCUT2D eigenvalue weighted by molar-refractivity contribution is -0.141. The fraction of sp³-hybridized carbons (Fsp3) is 0.452. The lowest BCUT2D eigenvalue weighted by Gasteiger charge is -2.31. The third-order valence-electron chi connectivity index (χ3n) is 7.83. The molecule has 2 heterocycles. The Kier molecular flexibility index (Phi) is 9.63. The van der Waals surface area contributed by atoms with Gasteiger partial charge in [0.15, 0.2) is 11.6 Å². The van der Waals surface area contributed by atoms with E-state index in [0.717, 1.165) is 24.0 Å². The van der Waals surface area contributed by atoms with Crippen LogP contribution in [0.25, 0.3) is 0 Å². The fourth-order valence-corrected chi connectivity index (χ4v) is 5.15. The molecular formula is C31H37FN4O5. The molecule has 5 N–H and O–H groups in total. The van der Waals surface area contributed by atoms with E-state index < -0.39 is 35.8 Å². The SMILES string of the molecule is C#Cc1cccc(C2(NCC(O)C3Cc4ccc(c(F)c4)OCCCCC(=O)N(C)C(CC(N)=O)C(=O)N3)CC2)c1. The molecule has 2 bridgehead atoms. The largest absolute Gasteiger partial charge is 0.491 e. The van der Waals surface area contributed by atoms with Crippen molar-refractivity contribution in [1.82, 2.24) is 15.5 Å². The van der Waals surface area contributed by atoms with Crippen molar-refractivity contribution in [2.75, 3.05) is 20.2 Å². The number of ether oxygens (including phenoxy) is 1. The van der Waals surface area contributed by atoms with E-state index in [0.29, 0.717) is 18.4 Å². The molecule has 10 heteroatoms. The number of nitrogens with zero attached hydrogens (tertiary/aromatic N) is 1. The van der Waals surface area contributed by atoms with Crippen LogP contribution in [0.15, 0.2) is 42.5 Å². The molecule has 2 aliphatic heterocycles. The number of terminal acetylenes is 1. The number of benzene rings is 2. The highest BCUT2D eigenvalue weighted by molar-refractivity contribution is 5.91. The summed E-state index contributed by atoms with van der Waals surface area (Å²) < 4.78 is 20.4. The topological polar surface area (TPSA) is 134 Å². The lowest BCUT2D eigenvalue weighted by atomic mass is 9.98. The van der Waals surface area contributed by atoms with Crippen LogP contribution in [0.3, 0.4) is 0 Å². The number of aliphatic hydroxyl groups excluding tert-OH is 1. The molecule has 3 atom stereocenters. The Balaban J connectivity index is 1.58. The standard InChI is InChI=1S/C31H37FN4O5/c1-3-20-7-6-8-22(15-20)31(12-13-31)34-19-26(37)24-17-21-10-11-27(23(32)16-21)41-14-5-4-9-29(39)36(2)25(18-28(33)38)30(40)35-24/h1,6-8,10-11,15-16,24-26,34,37H,4-5,9,12-14,17-19H2,2H3,(H2,33,38)(H,35,40). The van der Waals surface area contributed by atoms with E-state index >= 15 is 0 Å². The van der Waals surface area contributed by atoms with Crippen molar-refractivity contribution < 1.29 is 28.6 Å². The number of halogens is 1. The quantitative estimate of drug-likeness (QED) is 0.379. The molecule has 3 aliphatic rings. The van der Waals surface area contributed by atoms with Crippen LogP contribution in [0.4, 0.5) is 4.39 Å². The lowest BCUT2D eigenvalue weighted by Crippen LogP contribution is -2.56. The molecule has 41 heavy (non-hydrogen) atoms. The number of nitrogens with two attached hydrogens (primary N) is 1. The Morgan fingerprint density at radius 3 is 2.76 bits per heavy atom. The Morgan fingerprint density at radius 1 is 1.29 bits per heavy atom. The number of likely N-dealkylation sites (N-methyl/N-ethyl adjacent to an activating group) is 1. The summed E-state index contributed by atoms with van der Waals surface area (Å²) in [6.45, 7) is 0.335. The van der Waals surface area contributed by atoms with Crippen molar-refractivity contribution in [3.8, 4) is 18.1 Å². The van der Waals surface area contributed by atoms with E-state index in [9.17, 15) is 23.9 Å². The molecule has 1 fully saturated rings. The first kappa shape index (κ1) is 30.0. The van der Waals surface area contributed by atoms with E-state index in [1.54, 1.807) is 6.07 Å². The third kappa shape index (κ3) is 7.63. The highest BCUT2D eigenvalue weighted by atomic mass is 19.1. The predicted molar refractivity (Wildman–Crippen MR) is 151 cm³/mol. The molecule has 0 aromatic heterocycles. The smallest absolute Gasteiger partial charge is 0.243 e. The molecular weight excluding hydrogens is 527 g/mol. The Hall–Kier alpha value is -3.94. The van der Waals surface area contributed by atoms with Crippen molar-refractivity contribution in [1.29, 1.82) is 0 Å². The first-order valence-electron chi connectivity index (χ1n) is 13.9. The average molecular weight is 565 g/mol. The number of carbonyl (C=O) groups is 3. The van der Waals surface area contributed by atoms with E-state index in [2.05, 4.69) is 16.6 Å². The number of hydrogen-bond acceptors (Lipinski definition) is 6. The summed E-state index contributed by atoms with van der Waals surface area (Å²) in [7, 11) is 1.46. The summed E-state index contributed by atoms with van der Waals surface area (Å²) in [5, 5.41) is 17.6. The van der Waals surface area contributed by atoms with Gasteiger partial charge in [-0.15, -0.1) is 6.42 Å². The van der Waals surface area contributed by atoms with Crippen LogP contribution in [-0.4, -0.2) is 66.1 Å². The molecule has 5 rings (SSSR count). The van der Waals surface area contributed by atoms with E-state index in [-0.39, 0.29) is 49.6 Å². The molecule has 1 saturated carbocycles. The van der Waals surface area contributed by atoms with Gasteiger partial charge < -0.3 is 31.1 Å². The molecule has 2 aromatic carbocycles. The van der Waals surface area contributed by atoms with Crippen LogP contribution in [0, 0.1) is 18.2 Å². The average Bonchev–Trinajstić information content (AvgIpc) is 3.75.